The average molecular weight is 166 g/mol. The first-order valence-corrected chi connectivity index (χ1v) is 3.94. The van der Waals surface area contributed by atoms with Gasteiger partial charge in [0.15, 0.2) is 0 Å². The molecule has 0 aromatic rings. The van der Waals surface area contributed by atoms with Gasteiger partial charge >= 0.3 is 0 Å². The number of carbonyl (C=O) groups excluding carboxylic acids is 2. The van der Waals surface area contributed by atoms with Gasteiger partial charge in [0.05, 0.1) is 0 Å². The Labute approximate surface area is 73.0 Å². The summed E-state index contributed by atoms with van der Waals surface area (Å²) in [6.07, 6.45) is 4.12. The predicted molar refractivity (Wildman–Crippen MR) is 48.9 cm³/mol. The fourth-order valence-corrected chi connectivity index (χ4v) is 0.879. The molecule has 0 unspecified atom stereocenters. The van der Waals surface area contributed by atoms with Crippen molar-refractivity contribution in [3.05, 3.63) is 22.8 Å². The molecule has 2 nitrogen and oxygen atoms in total. The van der Waals surface area contributed by atoms with Crippen LogP contribution in [0.5, 0.6) is 0 Å². The molecule has 0 aliphatic heterocycles. The van der Waals surface area contributed by atoms with Gasteiger partial charge in [0.1, 0.15) is 12.6 Å². The summed E-state index contributed by atoms with van der Waals surface area (Å²) < 4.78 is 0. The van der Waals surface area contributed by atoms with E-state index in [1.54, 1.807) is 19.9 Å². The van der Waals surface area contributed by atoms with Crippen molar-refractivity contribution in [1.29, 1.82) is 0 Å². The molecule has 66 valence electrons. The van der Waals surface area contributed by atoms with E-state index in [2.05, 4.69) is 0 Å². The first-order valence-electron chi connectivity index (χ1n) is 3.94. The van der Waals surface area contributed by atoms with Crippen molar-refractivity contribution < 1.29 is 9.59 Å². The van der Waals surface area contributed by atoms with Crippen LogP contribution in [0.3, 0.4) is 0 Å². The molecule has 0 N–H and O–H groups in total. The van der Waals surface area contributed by atoms with Gasteiger partial charge in [-0.2, -0.15) is 0 Å². The van der Waals surface area contributed by atoms with Crippen LogP contribution in [-0.2, 0) is 9.59 Å². The Bertz CT molecular complexity index is 234. The lowest BCUT2D eigenvalue weighted by atomic mass is 10.1. The Morgan fingerprint density at radius 1 is 1.17 bits per heavy atom. The van der Waals surface area contributed by atoms with Crippen molar-refractivity contribution in [3.63, 3.8) is 0 Å². The third kappa shape index (κ3) is 3.28. The lowest BCUT2D eigenvalue weighted by Gasteiger charge is -1.99. The predicted octanol–water partition coefficient (Wildman–Crippen LogP) is 2.06. The van der Waals surface area contributed by atoms with E-state index in [0.717, 1.165) is 24.6 Å². The second-order valence-corrected chi connectivity index (χ2v) is 2.69. The maximum Gasteiger partial charge on any atom is 0.146 e. The van der Waals surface area contributed by atoms with Gasteiger partial charge in [0.25, 0.3) is 0 Å². The molecule has 0 rings (SSSR count). The fourth-order valence-electron chi connectivity index (χ4n) is 0.879. The summed E-state index contributed by atoms with van der Waals surface area (Å²) in [5, 5.41) is 0. The monoisotopic (exact) mass is 166 g/mol. The Morgan fingerprint density at radius 2 is 1.75 bits per heavy atom. The number of rotatable bonds is 4. The van der Waals surface area contributed by atoms with Crippen LogP contribution in [0.15, 0.2) is 22.8 Å². The van der Waals surface area contributed by atoms with Crippen molar-refractivity contribution in [2.75, 3.05) is 0 Å². The van der Waals surface area contributed by atoms with Gasteiger partial charge in [-0.1, -0.05) is 13.0 Å². The zero-order chi connectivity index (χ0) is 9.56. The van der Waals surface area contributed by atoms with Crippen LogP contribution in [0.4, 0.5) is 0 Å². The second kappa shape index (κ2) is 5.47. The molecule has 0 aliphatic carbocycles. The molecule has 0 heterocycles. The van der Waals surface area contributed by atoms with Crippen LogP contribution in [0.1, 0.15) is 27.2 Å². The molecule has 12 heavy (non-hydrogen) atoms. The van der Waals surface area contributed by atoms with Crippen LogP contribution in [-0.4, -0.2) is 12.6 Å². The maximum absolute atomic E-state index is 10.4. The molecule has 0 saturated carbocycles. The van der Waals surface area contributed by atoms with Crippen molar-refractivity contribution in [2.45, 2.75) is 27.2 Å². The molecule has 0 fully saturated rings. The van der Waals surface area contributed by atoms with Gasteiger partial charge in [0.2, 0.25) is 0 Å². The van der Waals surface area contributed by atoms with Gasteiger partial charge < -0.3 is 0 Å². The van der Waals surface area contributed by atoms with Gasteiger partial charge in [-0.25, -0.2) is 0 Å². The summed E-state index contributed by atoms with van der Waals surface area (Å²) in [5.74, 6) is 0. The zero-order valence-corrected chi connectivity index (χ0v) is 7.76. The number of aldehydes is 2. The molecule has 0 aromatic heterocycles. The molecule has 0 aromatic carbocycles. The van der Waals surface area contributed by atoms with Gasteiger partial charge in [-0.3, -0.25) is 9.59 Å². The SMILES string of the molecule is CCC(C=C(C)C=O)=C(C)C=O. The van der Waals surface area contributed by atoms with Crippen molar-refractivity contribution in [2.24, 2.45) is 0 Å². The highest BCUT2D eigenvalue weighted by atomic mass is 16.1. The van der Waals surface area contributed by atoms with E-state index in [-0.39, 0.29) is 0 Å². The molecule has 0 atom stereocenters. The van der Waals surface area contributed by atoms with Crippen LogP contribution in [0.2, 0.25) is 0 Å². The molecule has 0 radical (unpaired) electrons. The van der Waals surface area contributed by atoms with Gasteiger partial charge in [-0.15, -0.1) is 0 Å². The smallest absolute Gasteiger partial charge is 0.146 e. The first-order chi connectivity index (χ1) is 5.65. The summed E-state index contributed by atoms with van der Waals surface area (Å²) in [5.41, 5.74) is 2.27. The second-order valence-electron chi connectivity index (χ2n) is 2.69. The molecule has 0 amide bonds. The lowest BCUT2D eigenvalue weighted by molar-refractivity contribution is -0.105. The summed E-state index contributed by atoms with van der Waals surface area (Å²) in [7, 11) is 0. The average Bonchev–Trinajstić information content (AvgIpc) is 2.12. The Morgan fingerprint density at radius 3 is 2.08 bits per heavy atom. The summed E-state index contributed by atoms with van der Waals surface area (Å²) in [6.45, 7) is 5.43. The third-order valence-corrected chi connectivity index (χ3v) is 1.65. The molecule has 2 heteroatoms. The number of allylic oxidation sites excluding steroid dienone is 4. The van der Waals surface area contributed by atoms with Gasteiger partial charge in [0, 0.05) is 0 Å². The van der Waals surface area contributed by atoms with Crippen LogP contribution in [0.25, 0.3) is 0 Å². The minimum Gasteiger partial charge on any atom is -0.298 e. The van der Waals surface area contributed by atoms with E-state index in [0.29, 0.717) is 11.1 Å². The highest BCUT2D eigenvalue weighted by Crippen LogP contribution is 2.09. The topological polar surface area (TPSA) is 34.1 Å². The number of hydrogen-bond acceptors (Lipinski definition) is 2. The zero-order valence-electron chi connectivity index (χ0n) is 7.76. The molecule has 0 spiro atoms. The van der Waals surface area contributed by atoms with E-state index in [1.165, 1.54) is 0 Å². The standard InChI is InChI=1S/C10H14O2/c1-4-10(9(3)7-12)5-8(2)6-11/h5-7H,4H2,1-3H3. The summed E-state index contributed by atoms with van der Waals surface area (Å²) >= 11 is 0. The summed E-state index contributed by atoms with van der Waals surface area (Å²) in [4.78, 5) is 20.7. The molecule has 0 saturated heterocycles. The van der Waals surface area contributed by atoms with E-state index in [1.807, 2.05) is 6.92 Å². The molecular formula is C10H14O2. The number of carbonyl (C=O) groups is 2. The van der Waals surface area contributed by atoms with Crippen molar-refractivity contribution in [1.82, 2.24) is 0 Å². The van der Waals surface area contributed by atoms with E-state index < -0.39 is 0 Å². The van der Waals surface area contributed by atoms with Crippen molar-refractivity contribution in [3.8, 4) is 0 Å². The largest absolute Gasteiger partial charge is 0.298 e. The highest BCUT2D eigenvalue weighted by molar-refractivity contribution is 5.77. The van der Waals surface area contributed by atoms with Crippen LogP contribution >= 0.6 is 0 Å². The summed E-state index contributed by atoms with van der Waals surface area (Å²) in [6, 6.07) is 0. The molecular weight excluding hydrogens is 152 g/mol. The minimum atomic E-state index is 0.646. The lowest BCUT2D eigenvalue weighted by Crippen LogP contribution is -1.87. The molecule has 0 bridgehead atoms. The number of hydrogen-bond donors (Lipinski definition) is 0. The third-order valence-electron chi connectivity index (χ3n) is 1.65. The van der Waals surface area contributed by atoms with E-state index in [4.69, 9.17) is 0 Å². The van der Waals surface area contributed by atoms with E-state index in [9.17, 15) is 9.59 Å². The first kappa shape index (κ1) is 10.8. The highest BCUT2D eigenvalue weighted by Gasteiger charge is 1.96. The fraction of sp³-hybridized carbons (Fsp3) is 0.400. The minimum absolute atomic E-state index is 0.646. The van der Waals surface area contributed by atoms with Crippen LogP contribution in [0, 0.1) is 0 Å². The van der Waals surface area contributed by atoms with Crippen molar-refractivity contribution >= 4 is 12.6 Å². The van der Waals surface area contributed by atoms with Crippen LogP contribution < -0.4 is 0 Å². The maximum atomic E-state index is 10.4. The Hall–Kier alpha value is -1.18. The Balaban J connectivity index is 4.80. The normalized spacial score (nSPS) is 13.8. The Kier molecular flexibility index (Phi) is 4.93. The molecule has 0 aliphatic rings. The quantitative estimate of drug-likeness (QED) is 0.364. The van der Waals surface area contributed by atoms with Gasteiger partial charge in [-0.05, 0) is 37.0 Å². The van der Waals surface area contributed by atoms with E-state index >= 15 is 0 Å².